The van der Waals surface area contributed by atoms with Crippen molar-refractivity contribution in [1.29, 1.82) is 0 Å². The first-order valence-electron chi connectivity index (χ1n) is 9.86. The molecule has 0 aromatic heterocycles. The van der Waals surface area contributed by atoms with E-state index in [9.17, 15) is 83.1 Å². The van der Waals surface area contributed by atoms with E-state index in [2.05, 4.69) is 4.18 Å². The van der Waals surface area contributed by atoms with E-state index in [1.165, 1.54) is 18.2 Å². The van der Waals surface area contributed by atoms with Gasteiger partial charge < -0.3 is 4.18 Å². The van der Waals surface area contributed by atoms with E-state index in [-0.39, 0.29) is 5.56 Å². The van der Waals surface area contributed by atoms with Crippen molar-refractivity contribution in [2.45, 2.75) is 47.0 Å². The SMILES string of the molecule is O=S(=O)(Oc1ccccc1-c1ccccc1)C(F)(F)C(F)(F)C(F)(F)C(F)(F)C(F)(F)C(F)(F)C(F)(F)C(F)(F)F. The predicted octanol–water partition coefficient (Wildman–Crippen LogP) is 8.03. The first kappa shape index (κ1) is 34.2. The summed E-state index contributed by atoms with van der Waals surface area (Å²) >= 11 is 0. The maximum absolute atomic E-state index is 14.3. The van der Waals surface area contributed by atoms with Gasteiger partial charge >= 0.3 is 57.1 Å². The van der Waals surface area contributed by atoms with Crippen molar-refractivity contribution >= 4 is 10.1 Å². The third-order valence-electron chi connectivity index (χ3n) is 5.18. The van der Waals surface area contributed by atoms with Crippen LogP contribution < -0.4 is 4.18 Å². The van der Waals surface area contributed by atoms with E-state index < -0.39 is 68.4 Å². The third-order valence-corrected chi connectivity index (χ3v) is 6.46. The van der Waals surface area contributed by atoms with Crippen molar-refractivity contribution in [3.8, 4) is 16.9 Å². The number of hydrogen-bond donors (Lipinski definition) is 0. The lowest BCUT2D eigenvalue weighted by atomic mass is 9.91. The Morgan fingerprint density at radius 1 is 0.463 bits per heavy atom. The molecule has 0 bridgehead atoms. The highest BCUT2D eigenvalue weighted by molar-refractivity contribution is 7.88. The molecule has 0 radical (unpaired) electrons. The molecule has 2 aromatic rings. The van der Waals surface area contributed by atoms with Crippen LogP contribution in [0.5, 0.6) is 5.75 Å². The van der Waals surface area contributed by atoms with Crippen LogP contribution >= 0.6 is 0 Å². The first-order chi connectivity index (χ1) is 18.1. The van der Waals surface area contributed by atoms with Crippen LogP contribution in [0.25, 0.3) is 11.1 Å². The van der Waals surface area contributed by atoms with E-state index in [0.29, 0.717) is 6.07 Å². The molecule has 0 aliphatic rings. The predicted molar refractivity (Wildman–Crippen MR) is 102 cm³/mol. The molecule has 0 fully saturated rings. The Morgan fingerprint density at radius 2 is 0.829 bits per heavy atom. The van der Waals surface area contributed by atoms with Crippen LogP contribution in [-0.2, 0) is 10.1 Å². The van der Waals surface area contributed by atoms with Crippen LogP contribution in [0.4, 0.5) is 74.6 Å². The van der Waals surface area contributed by atoms with Gasteiger partial charge in [0, 0.05) is 5.56 Å². The van der Waals surface area contributed by atoms with Crippen LogP contribution in [0.2, 0.25) is 0 Å². The summed E-state index contributed by atoms with van der Waals surface area (Å²) in [5.41, 5.74) is -0.689. The van der Waals surface area contributed by atoms with Crippen molar-refractivity contribution in [1.82, 2.24) is 0 Å². The maximum atomic E-state index is 14.3. The minimum atomic E-state index is -8.91. The Kier molecular flexibility index (Phi) is 8.16. The summed E-state index contributed by atoms with van der Waals surface area (Å²) in [5, 5.41) is -7.77. The van der Waals surface area contributed by atoms with E-state index in [0.717, 1.165) is 30.3 Å². The highest BCUT2D eigenvalue weighted by atomic mass is 32.2. The monoisotopic (exact) mass is 652 g/mol. The van der Waals surface area contributed by atoms with Gasteiger partial charge in [0.25, 0.3) is 0 Å². The highest BCUT2D eigenvalue weighted by Gasteiger charge is 2.96. The summed E-state index contributed by atoms with van der Waals surface area (Å²) in [6.07, 6.45) is -7.90. The number of halogens is 17. The van der Waals surface area contributed by atoms with E-state index >= 15 is 0 Å². The zero-order valence-electron chi connectivity index (χ0n) is 18.8. The molecule has 0 atom stereocenters. The second-order valence-corrected chi connectivity index (χ2v) is 9.45. The average molecular weight is 652 g/mol. The molecule has 0 N–H and O–H groups in total. The van der Waals surface area contributed by atoms with Crippen molar-refractivity contribution < 1.29 is 87.2 Å². The van der Waals surface area contributed by atoms with Crippen molar-refractivity contribution in [2.75, 3.05) is 0 Å². The Labute approximate surface area is 216 Å². The van der Waals surface area contributed by atoms with Crippen LogP contribution in [0.3, 0.4) is 0 Å². The van der Waals surface area contributed by atoms with Crippen molar-refractivity contribution in [3.05, 3.63) is 54.6 Å². The molecule has 232 valence electrons. The van der Waals surface area contributed by atoms with E-state index in [1.807, 2.05) is 0 Å². The van der Waals surface area contributed by atoms with Crippen molar-refractivity contribution in [3.63, 3.8) is 0 Å². The average Bonchev–Trinajstić information content (AvgIpc) is 2.83. The zero-order valence-corrected chi connectivity index (χ0v) is 19.6. The zero-order chi connectivity index (χ0) is 32.3. The van der Waals surface area contributed by atoms with Crippen LogP contribution in [0, 0.1) is 0 Å². The second-order valence-electron chi connectivity index (χ2n) is 7.86. The van der Waals surface area contributed by atoms with E-state index in [1.54, 1.807) is 0 Å². The molecule has 21 heteroatoms. The van der Waals surface area contributed by atoms with Gasteiger partial charge in [0.05, 0.1) is 0 Å². The Balaban J connectivity index is 2.64. The summed E-state index contributed by atoms with van der Waals surface area (Å²) < 4.78 is 256. The van der Waals surface area contributed by atoms with Gasteiger partial charge in [-0.2, -0.15) is 83.1 Å². The minimum Gasteiger partial charge on any atom is -0.377 e. The fraction of sp³-hybridized carbons (Fsp3) is 0.400. The van der Waals surface area contributed by atoms with Gasteiger partial charge in [-0.15, -0.1) is 0 Å². The molecule has 0 heterocycles. The highest BCUT2D eigenvalue weighted by Crippen LogP contribution is 2.64. The first-order valence-corrected chi connectivity index (χ1v) is 11.3. The molecule has 0 unspecified atom stereocenters. The fourth-order valence-corrected chi connectivity index (χ4v) is 3.80. The molecular weight excluding hydrogens is 643 g/mol. The summed E-state index contributed by atoms with van der Waals surface area (Å²) in [7, 11) is -7.73. The number of hydrogen-bond acceptors (Lipinski definition) is 3. The Bertz CT molecular complexity index is 1350. The smallest absolute Gasteiger partial charge is 0.377 e. The fourth-order valence-electron chi connectivity index (χ4n) is 2.87. The molecule has 0 aliphatic carbocycles. The largest absolute Gasteiger partial charge is 0.460 e. The number of benzene rings is 2. The molecule has 3 nitrogen and oxygen atoms in total. The normalized spacial score (nSPS) is 15.1. The summed E-state index contributed by atoms with van der Waals surface area (Å²) in [5.74, 6) is -53.4. The summed E-state index contributed by atoms with van der Waals surface area (Å²) in [6, 6.07) is 9.20. The van der Waals surface area contributed by atoms with Gasteiger partial charge in [0.2, 0.25) is 0 Å². The summed E-state index contributed by atoms with van der Waals surface area (Å²) in [6.45, 7) is 0. The van der Waals surface area contributed by atoms with Gasteiger partial charge in [-0.3, -0.25) is 0 Å². The number of alkyl halides is 17. The van der Waals surface area contributed by atoms with Gasteiger partial charge in [-0.25, -0.2) is 0 Å². The molecule has 0 spiro atoms. The molecule has 0 aliphatic heterocycles. The van der Waals surface area contributed by atoms with Crippen molar-refractivity contribution in [2.24, 2.45) is 0 Å². The Morgan fingerprint density at radius 3 is 1.27 bits per heavy atom. The molecule has 2 rings (SSSR count). The molecule has 0 saturated carbocycles. The van der Waals surface area contributed by atoms with Gasteiger partial charge in [-0.05, 0) is 11.6 Å². The number of para-hydroxylation sites is 1. The summed E-state index contributed by atoms with van der Waals surface area (Å²) in [4.78, 5) is 0. The molecule has 2 aromatic carbocycles. The van der Waals surface area contributed by atoms with Crippen LogP contribution in [0.15, 0.2) is 54.6 Å². The van der Waals surface area contributed by atoms with E-state index in [4.69, 9.17) is 0 Å². The Hall–Kier alpha value is -3.00. The lowest BCUT2D eigenvalue weighted by Crippen LogP contribution is -2.75. The quantitative estimate of drug-likeness (QED) is 0.193. The maximum Gasteiger partial charge on any atom is 0.460 e. The van der Waals surface area contributed by atoms with Crippen LogP contribution in [0.1, 0.15) is 0 Å². The molecule has 0 saturated heterocycles. The minimum absolute atomic E-state index is 0.127. The molecule has 41 heavy (non-hydrogen) atoms. The van der Waals surface area contributed by atoms with Gasteiger partial charge in [-0.1, -0.05) is 48.5 Å². The number of rotatable bonds is 10. The lowest BCUT2D eigenvalue weighted by Gasteiger charge is -2.42. The lowest BCUT2D eigenvalue weighted by molar-refractivity contribution is -0.458. The molecule has 0 amide bonds. The molecular formula is C20H9F17O3S. The topological polar surface area (TPSA) is 43.4 Å². The van der Waals surface area contributed by atoms with Gasteiger partial charge in [0.15, 0.2) is 5.75 Å². The van der Waals surface area contributed by atoms with Crippen LogP contribution in [-0.4, -0.2) is 55.4 Å². The third kappa shape index (κ3) is 4.82. The second kappa shape index (κ2) is 9.79. The van der Waals surface area contributed by atoms with Gasteiger partial charge in [0.1, 0.15) is 0 Å². The standard InChI is InChI=1S/C20H9F17O3S/c21-13(22,15(25,26)17(29,30)19(33,34)35)14(23,24)16(27,28)18(31,32)20(36,37)41(38,39)40-12-9-5-4-8-11(12)10-6-2-1-3-7-10/h1-9H.